The molecule has 1 spiro atoms. The maximum absolute atomic E-state index is 13.0. The number of aliphatic hydroxyl groups excluding tert-OH is 1. The molecule has 6 rings (SSSR count). The number of pyridine rings is 1. The van der Waals surface area contributed by atoms with Crippen LogP contribution in [0.3, 0.4) is 0 Å². The van der Waals surface area contributed by atoms with Gasteiger partial charge in [0.2, 0.25) is 0 Å². The maximum Gasteiger partial charge on any atom is 0.323 e. The molecule has 0 radical (unpaired) electrons. The molecular weight excluding hydrogens is 480 g/mol. The number of thiazole rings is 1. The summed E-state index contributed by atoms with van der Waals surface area (Å²) >= 11 is 1.49. The zero-order valence-electron chi connectivity index (χ0n) is 20.7. The van der Waals surface area contributed by atoms with Gasteiger partial charge in [-0.3, -0.25) is 15.0 Å². The van der Waals surface area contributed by atoms with E-state index in [0.29, 0.717) is 11.0 Å². The van der Waals surface area contributed by atoms with Crippen molar-refractivity contribution >= 4 is 32.7 Å². The highest BCUT2D eigenvalue weighted by Crippen LogP contribution is 2.40. The summed E-state index contributed by atoms with van der Waals surface area (Å²) in [5.74, 6) is 0.506. The SMILES string of the molecule is CO.O=C(Nc1nc2cncc(-c3cnn(C[C@H]4CCCOC4)c3)c2s1)N1CCC2(CCOCC2)C1. The third-order valence-corrected chi connectivity index (χ3v) is 8.46. The number of urea groups is 1. The average molecular weight is 515 g/mol. The Hall–Kier alpha value is -2.60. The molecule has 3 aliphatic heterocycles. The van der Waals surface area contributed by atoms with E-state index in [-0.39, 0.29) is 11.4 Å². The smallest absolute Gasteiger partial charge is 0.323 e. The lowest BCUT2D eigenvalue weighted by molar-refractivity contribution is 0.0211. The van der Waals surface area contributed by atoms with Crippen LogP contribution in [0.5, 0.6) is 0 Å². The first-order chi connectivity index (χ1) is 17.7. The average Bonchev–Trinajstić information content (AvgIpc) is 3.65. The van der Waals surface area contributed by atoms with Crippen LogP contribution in [0.15, 0.2) is 24.8 Å². The van der Waals surface area contributed by atoms with E-state index < -0.39 is 0 Å². The molecule has 0 saturated carbocycles. The fourth-order valence-corrected chi connectivity index (χ4v) is 6.38. The van der Waals surface area contributed by atoms with Crippen molar-refractivity contribution in [3.63, 3.8) is 0 Å². The summed E-state index contributed by atoms with van der Waals surface area (Å²) in [6.07, 6.45) is 13.0. The number of carbonyl (C=O) groups is 1. The Balaban J connectivity index is 0.00000130. The molecule has 11 heteroatoms. The molecule has 1 atom stereocenters. The van der Waals surface area contributed by atoms with E-state index in [4.69, 9.17) is 14.6 Å². The summed E-state index contributed by atoms with van der Waals surface area (Å²) in [4.78, 5) is 23.9. The first kappa shape index (κ1) is 25.1. The molecule has 3 fully saturated rings. The molecule has 3 aromatic heterocycles. The number of fused-ring (bicyclic) bond motifs is 1. The lowest BCUT2D eigenvalue weighted by Crippen LogP contribution is -2.37. The lowest BCUT2D eigenvalue weighted by Gasteiger charge is -2.33. The van der Waals surface area contributed by atoms with Crippen molar-refractivity contribution in [2.45, 2.75) is 38.6 Å². The van der Waals surface area contributed by atoms with Gasteiger partial charge in [-0.2, -0.15) is 5.10 Å². The van der Waals surface area contributed by atoms with Crippen LogP contribution in [0.2, 0.25) is 0 Å². The van der Waals surface area contributed by atoms with Gasteiger partial charge in [-0.1, -0.05) is 11.3 Å². The van der Waals surface area contributed by atoms with Crippen LogP contribution in [0.1, 0.15) is 32.1 Å². The van der Waals surface area contributed by atoms with Crippen LogP contribution in [0.25, 0.3) is 21.3 Å². The predicted molar refractivity (Wildman–Crippen MR) is 138 cm³/mol. The molecule has 0 bridgehead atoms. The monoisotopic (exact) mass is 514 g/mol. The predicted octanol–water partition coefficient (Wildman–Crippen LogP) is 3.62. The minimum atomic E-state index is -0.0700. The third kappa shape index (κ3) is 5.39. The van der Waals surface area contributed by atoms with Gasteiger partial charge >= 0.3 is 6.03 Å². The molecule has 0 aliphatic carbocycles. The Morgan fingerprint density at radius 1 is 1.19 bits per heavy atom. The van der Waals surface area contributed by atoms with Gasteiger partial charge in [-0.15, -0.1) is 0 Å². The highest BCUT2D eigenvalue weighted by Gasteiger charge is 2.41. The van der Waals surface area contributed by atoms with Crippen molar-refractivity contribution in [1.29, 1.82) is 0 Å². The zero-order chi connectivity index (χ0) is 25.0. The maximum atomic E-state index is 13.0. The van der Waals surface area contributed by atoms with Crippen LogP contribution in [-0.4, -0.2) is 82.4 Å². The highest BCUT2D eigenvalue weighted by atomic mass is 32.1. The van der Waals surface area contributed by atoms with Crippen molar-refractivity contribution in [2.24, 2.45) is 11.3 Å². The van der Waals surface area contributed by atoms with E-state index >= 15 is 0 Å². The van der Waals surface area contributed by atoms with Gasteiger partial charge in [-0.05, 0) is 37.5 Å². The number of aromatic nitrogens is 4. The van der Waals surface area contributed by atoms with E-state index in [1.54, 1.807) is 6.20 Å². The number of carbonyl (C=O) groups excluding carboxylic acids is 1. The molecule has 6 heterocycles. The molecule has 2 N–H and O–H groups in total. The van der Waals surface area contributed by atoms with Crippen LogP contribution < -0.4 is 5.32 Å². The minimum Gasteiger partial charge on any atom is -0.400 e. The van der Waals surface area contributed by atoms with E-state index in [9.17, 15) is 4.79 Å². The van der Waals surface area contributed by atoms with Crippen LogP contribution in [0.4, 0.5) is 9.93 Å². The molecule has 0 unspecified atom stereocenters. The molecule has 3 aliphatic rings. The largest absolute Gasteiger partial charge is 0.400 e. The second-order valence-electron chi connectivity index (χ2n) is 9.80. The van der Waals surface area contributed by atoms with Crippen molar-refractivity contribution in [1.82, 2.24) is 24.6 Å². The summed E-state index contributed by atoms with van der Waals surface area (Å²) in [5.41, 5.74) is 3.01. The fourth-order valence-electron chi connectivity index (χ4n) is 5.42. The van der Waals surface area contributed by atoms with Gasteiger partial charge in [-0.25, -0.2) is 9.78 Å². The summed E-state index contributed by atoms with van der Waals surface area (Å²) in [6, 6.07) is -0.0700. The van der Waals surface area contributed by atoms with Crippen molar-refractivity contribution < 1.29 is 19.4 Å². The van der Waals surface area contributed by atoms with Crippen molar-refractivity contribution in [2.75, 3.05) is 51.9 Å². The van der Waals surface area contributed by atoms with Gasteiger partial charge in [0.05, 0.1) is 23.7 Å². The number of nitrogens with one attached hydrogen (secondary N) is 1. The van der Waals surface area contributed by atoms with Crippen LogP contribution in [-0.2, 0) is 16.0 Å². The fraction of sp³-hybridized carbons (Fsp3) is 0.600. The first-order valence-electron chi connectivity index (χ1n) is 12.6. The first-order valence-corrected chi connectivity index (χ1v) is 13.4. The van der Waals surface area contributed by atoms with Crippen LogP contribution in [0, 0.1) is 11.3 Å². The highest BCUT2D eigenvalue weighted by molar-refractivity contribution is 7.22. The van der Waals surface area contributed by atoms with Crippen molar-refractivity contribution in [3.8, 4) is 11.1 Å². The Morgan fingerprint density at radius 2 is 2.06 bits per heavy atom. The summed E-state index contributed by atoms with van der Waals surface area (Å²) < 4.78 is 14.1. The van der Waals surface area contributed by atoms with E-state index in [2.05, 4.69) is 26.6 Å². The van der Waals surface area contributed by atoms with Gasteiger partial charge in [0.25, 0.3) is 0 Å². The number of ether oxygens (including phenoxy) is 2. The second-order valence-corrected chi connectivity index (χ2v) is 10.8. The molecule has 3 saturated heterocycles. The topological polar surface area (TPSA) is 115 Å². The van der Waals surface area contributed by atoms with Gasteiger partial charge in [0.15, 0.2) is 5.13 Å². The standard InChI is InChI=1S/C24H30N6O3S.CH4O/c31-23(29-6-3-24(16-29)4-8-32-9-5-24)28-22-27-20-12-25-11-19(21(20)34-22)18-10-26-30(14-18)13-17-2-1-7-33-15-17;1-2/h10-12,14,17H,1-9,13,15-16H2,(H,27,28,31);2H,1H3/t17-;/m1./s1. The Kier molecular flexibility index (Phi) is 7.80. The molecule has 3 aromatic rings. The zero-order valence-corrected chi connectivity index (χ0v) is 21.5. The van der Waals surface area contributed by atoms with Gasteiger partial charge in [0.1, 0.15) is 5.52 Å². The number of anilines is 1. The lowest BCUT2D eigenvalue weighted by atomic mass is 9.80. The van der Waals surface area contributed by atoms with Crippen molar-refractivity contribution in [3.05, 3.63) is 24.8 Å². The number of likely N-dealkylation sites (tertiary alicyclic amines) is 1. The quantitative estimate of drug-likeness (QED) is 0.546. The number of aliphatic hydroxyl groups is 1. The van der Waals surface area contributed by atoms with Gasteiger partial charge in [0, 0.05) is 76.0 Å². The normalized spacial score (nSPS) is 21.4. The number of amides is 2. The Morgan fingerprint density at radius 3 is 2.86 bits per heavy atom. The summed E-state index contributed by atoms with van der Waals surface area (Å²) in [5, 5.41) is 15.2. The Labute approximate surface area is 214 Å². The molecule has 0 aromatic carbocycles. The number of hydrogen-bond acceptors (Lipinski definition) is 8. The van der Waals surface area contributed by atoms with Gasteiger partial charge < -0.3 is 19.5 Å². The third-order valence-electron chi connectivity index (χ3n) is 7.44. The number of hydrogen-bond donors (Lipinski definition) is 2. The second kappa shape index (κ2) is 11.2. The number of nitrogens with zero attached hydrogens (tertiary/aromatic N) is 5. The molecule has 36 heavy (non-hydrogen) atoms. The minimum absolute atomic E-state index is 0.0700. The number of rotatable bonds is 4. The Bertz CT molecular complexity index is 1170. The molecule has 10 nitrogen and oxygen atoms in total. The summed E-state index contributed by atoms with van der Waals surface area (Å²) in [6.45, 7) is 5.71. The van der Waals surface area contributed by atoms with Crippen LogP contribution >= 0.6 is 11.3 Å². The molecule has 194 valence electrons. The van der Waals surface area contributed by atoms with E-state index in [1.807, 2.05) is 22.0 Å². The molecule has 2 amide bonds. The van der Waals surface area contributed by atoms with E-state index in [0.717, 1.165) is 100 Å². The summed E-state index contributed by atoms with van der Waals surface area (Å²) in [7, 11) is 1.00. The van der Waals surface area contributed by atoms with E-state index in [1.165, 1.54) is 17.8 Å². The molecular formula is C25H34N6O4S.